The number of hydrogen-bond donors (Lipinski definition) is 3. The number of unbranched alkanes of at least 4 members (excludes halogenated alkanes) is 8. The van der Waals surface area contributed by atoms with E-state index < -0.39 is 12.1 Å². The van der Waals surface area contributed by atoms with Crippen LogP contribution in [0.5, 0.6) is 0 Å². The fourth-order valence-corrected chi connectivity index (χ4v) is 3.33. The first-order chi connectivity index (χ1) is 11.2. The molecule has 4 heteroatoms. The lowest BCUT2D eigenvalue weighted by atomic mass is 10.1. The highest BCUT2D eigenvalue weighted by Crippen LogP contribution is 2.24. The molecule has 0 aliphatic heterocycles. The van der Waals surface area contributed by atoms with Crippen LogP contribution in [0.25, 0.3) is 0 Å². The van der Waals surface area contributed by atoms with Gasteiger partial charge in [0, 0.05) is 11.3 Å². The van der Waals surface area contributed by atoms with E-state index in [1.807, 2.05) is 12.1 Å². The van der Waals surface area contributed by atoms with Crippen LogP contribution in [0.15, 0.2) is 12.1 Å². The van der Waals surface area contributed by atoms with Crippen molar-refractivity contribution in [2.24, 2.45) is 5.73 Å². The molecule has 1 unspecified atom stereocenters. The minimum absolute atomic E-state index is 0.224. The minimum Gasteiger partial charge on any atom is -0.395 e. The lowest BCUT2D eigenvalue weighted by Gasteiger charge is -2.14. The molecule has 0 amide bonds. The van der Waals surface area contributed by atoms with E-state index in [1.165, 1.54) is 56.3 Å². The second-order valence-electron chi connectivity index (χ2n) is 6.02. The maximum absolute atomic E-state index is 9.93. The predicted molar refractivity (Wildman–Crippen MR) is 98.4 cm³/mol. The van der Waals surface area contributed by atoms with E-state index in [4.69, 9.17) is 10.8 Å². The second kappa shape index (κ2) is 12.5. The Kier molecular flexibility index (Phi) is 11.0. The molecule has 1 rings (SSSR count). The maximum Gasteiger partial charge on any atom is 0.105 e. The molecule has 23 heavy (non-hydrogen) atoms. The monoisotopic (exact) mass is 337 g/mol. The SMILES string of the molecule is CCCCCCCCCCC#Cc1ccc(C(O)[C@@H](N)CO)s1. The van der Waals surface area contributed by atoms with Gasteiger partial charge >= 0.3 is 0 Å². The van der Waals surface area contributed by atoms with Crippen LogP contribution in [0.1, 0.15) is 80.6 Å². The Hall–Kier alpha value is -0.860. The summed E-state index contributed by atoms with van der Waals surface area (Å²) in [5, 5.41) is 18.9. The fourth-order valence-electron chi connectivity index (χ4n) is 2.39. The highest BCUT2D eigenvalue weighted by molar-refractivity contribution is 7.12. The molecule has 0 bridgehead atoms. The van der Waals surface area contributed by atoms with E-state index in [2.05, 4.69) is 18.8 Å². The van der Waals surface area contributed by atoms with Crippen molar-refractivity contribution in [1.82, 2.24) is 0 Å². The first kappa shape index (κ1) is 20.2. The summed E-state index contributed by atoms with van der Waals surface area (Å²) >= 11 is 1.45. The summed E-state index contributed by atoms with van der Waals surface area (Å²) in [5.74, 6) is 6.36. The van der Waals surface area contributed by atoms with Gasteiger partial charge in [-0.1, -0.05) is 63.7 Å². The number of nitrogens with two attached hydrogens (primary N) is 1. The van der Waals surface area contributed by atoms with Crippen molar-refractivity contribution in [3.8, 4) is 11.8 Å². The Balaban J connectivity index is 2.18. The quantitative estimate of drug-likeness (QED) is 0.422. The maximum atomic E-state index is 9.93. The zero-order valence-electron chi connectivity index (χ0n) is 14.3. The van der Waals surface area contributed by atoms with Gasteiger partial charge in [0.1, 0.15) is 6.10 Å². The summed E-state index contributed by atoms with van der Waals surface area (Å²) in [6.07, 6.45) is 10.6. The molecule has 0 radical (unpaired) electrons. The van der Waals surface area contributed by atoms with Crippen molar-refractivity contribution in [3.05, 3.63) is 21.9 Å². The van der Waals surface area contributed by atoms with E-state index in [1.54, 1.807) is 0 Å². The molecule has 0 aliphatic carbocycles. The molecule has 1 heterocycles. The largest absolute Gasteiger partial charge is 0.395 e. The molecular formula is C19H31NO2S. The van der Waals surface area contributed by atoms with Crippen molar-refractivity contribution in [2.75, 3.05) is 6.61 Å². The normalized spacial score (nSPS) is 13.4. The fraction of sp³-hybridized carbons (Fsp3) is 0.684. The van der Waals surface area contributed by atoms with Gasteiger partial charge in [0.2, 0.25) is 0 Å². The topological polar surface area (TPSA) is 66.5 Å². The third-order valence-corrected chi connectivity index (χ3v) is 4.97. The predicted octanol–water partition coefficient (Wildman–Crippen LogP) is 3.98. The smallest absolute Gasteiger partial charge is 0.105 e. The molecule has 0 aliphatic rings. The second-order valence-corrected chi connectivity index (χ2v) is 7.14. The summed E-state index contributed by atoms with van der Waals surface area (Å²) in [4.78, 5) is 1.71. The number of thiophene rings is 1. The van der Waals surface area contributed by atoms with Crippen molar-refractivity contribution >= 4 is 11.3 Å². The van der Waals surface area contributed by atoms with Gasteiger partial charge in [-0.2, -0.15) is 0 Å². The van der Waals surface area contributed by atoms with Crippen LogP contribution < -0.4 is 5.73 Å². The summed E-state index contributed by atoms with van der Waals surface area (Å²) in [6, 6.07) is 3.12. The molecule has 4 N–H and O–H groups in total. The van der Waals surface area contributed by atoms with E-state index in [0.717, 1.165) is 22.6 Å². The average Bonchev–Trinajstić information content (AvgIpc) is 3.04. The minimum atomic E-state index is -0.812. The van der Waals surface area contributed by atoms with E-state index in [9.17, 15) is 5.11 Å². The van der Waals surface area contributed by atoms with Crippen LogP contribution in [0.4, 0.5) is 0 Å². The molecule has 3 nitrogen and oxygen atoms in total. The lowest BCUT2D eigenvalue weighted by Crippen LogP contribution is -2.31. The highest BCUT2D eigenvalue weighted by Gasteiger charge is 2.17. The van der Waals surface area contributed by atoms with E-state index >= 15 is 0 Å². The number of rotatable bonds is 11. The third kappa shape index (κ3) is 8.53. The highest BCUT2D eigenvalue weighted by atomic mass is 32.1. The number of aliphatic hydroxyl groups is 2. The Morgan fingerprint density at radius 3 is 2.39 bits per heavy atom. The van der Waals surface area contributed by atoms with Gasteiger partial charge in [-0.3, -0.25) is 0 Å². The van der Waals surface area contributed by atoms with Gasteiger partial charge in [0.05, 0.1) is 17.5 Å². The molecule has 0 saturated carbocycles. The summed E-state index contributed by atoms with van der Waals surface area (Å²) < 4.78 is 0. The molecule has 0 aromatic carbocycles. The van der Waals surface area contributed by atoms with Gasteiger partial charge in [0.15, 0.2) is 0 Å². The summed E-state index contributed by atoms with van der Waals surface area (Å²) in [5.41, 5.74) is 5.63. The van der Waals surface area contributed by atoms with Crippen molar-refractivity contribution < 1.29 is 10.2 Å². The third-order valence-electron chi connectivity index (χ3n) is 3.90. The Bertz CT molecular complexity index is 475. The molecule has 0 spiro atoms. The van der Waals surface area contributed by atoms with Gasteiger partial charge in [0.25, 0.3) is 0 Å². The van der Waals surface area contributed by atoms with Crippen LogP contribution in [-0.2, 0) is 0 Å². The molecule has 1 aromatic rings. The zero-order chi connectivity index (χ0) is 16.9. The van der Waals surface area contributed by atoms with Crippen LogP contribution in [0.3, 0.4) is 0 Å². The first-order valence-corrected chi connectivity index (χ1v) is 9.63. The van der Waals surface area contributed by atoms with Gasteiger partial charge < -0.3 is 15.9 Å². The van der Waals surface area contributed by atoms with E-state index in [-0.39, 0.29) is 6.61 Å². The molecule has 130 valence electrons. The zero-order valence-corrected chi connectivity index (χ0v) is 15.1. The van der Waals surface area contributed by atoms with Crippen LogP contribution in [0.2, 0.25) is 0 Å². The van der Waals surface area contributed by atoms with Gasteiger partial charge in [-0.25, -0.2) is 0 Å². The Morgan fingerprint density at radius 2 is 1.74 bits per heavy atom. The standard InChI is InChI=1S/C19H31NO2S/c1-2-3-4-5-6-7-8-9-10-11-12-16-13-14-18(23-16)19(22)17(20)15-21/h13-14,17,19,21-22H,2-10,15,20H2,1H3/t17-,19?/m0/s1. The van der Waals surface area contributed by atoms with E-state index in [0.29, 0.717) is 0 Å². The molecule has 0 fully saturated rings. The Morgan fingerprint density at radius 1 is 1.09 bits per heavy atom. The molecular weight excluding hydrogens is 306 g/mol. The van der Waals surface area contributed by atoms with Crippen LogP contribution >= 0.6 is 11.3 Å². The molecule has 1 aromatic heterocycles. The summed E-state index contributed by atoms with van der Waals surface area (Å²) in [6.45, 7) is 2.02. The average molecular weight is 338 g/mol. The van der Waals surface area contributed by atoms with Crippen LogP contribution in [-0.4, -0.2) is 22.9 Å². The number of aliphatic hydroxyl groups excluding tert-OH is 2. The molecule has 2 atom stereocenters. The number of hydrogen-bond acceptors (Lipinski definition) is 4. The summed E-state index contributed by atoms with van der Waals surface area (Å²) in [7, 11) is 0. The van der Waals surface area contributed by atoms with Crippen LogP contribution in [0, 0.1) is 11.8 Å². The van der Waals surface area contributed by atoms with Crippen molar-refractivity contribution in [1.29, 1.82) is 0 Å². The van der Waals surface area contributed by atoms with Crippen molar-refractivity contribution in [3.63, 3.8) is 0 Å². The van der Waals surface area contributed by atoms with Crippen molar-refractivity contribution in [2.45, 2.75) is 76.9 Å². The molecule has 0 saturated heterocycles. The first-order valence-electron chi connectivity index (χ1n) is 8.82. The Labute approximate surface area is 144 Å². The van der Waals surface area contributed by atoms with Gasteiger partial charge in [-0.05, 0) is 18.6 Å². The van der Waals surface area contributed by atoms with Gasteiger partial charge in [-0.15, -0.1) is 11.3 Å². The lowest BCUT2D eigenvalue weighted by molar-refractivity contribution is 0.112.